The molecule has 0 unspecified atom stereocenters. The molecular weight excluding hydrogens is 254 g/mol. The molecule has 0 saturated heterocycles. The molecule has 17 heavy (non-hydrogen) atoms. The first kappa shape index (κ1) is 13.7. The Morgan fingerprint density at radius 2 is 2.18 bits per heavy atom. The molecule has 0 bridgehead atoms. The molecule has 0 saturated carbocycles. The predicted octanol–water partition coefficient (Wildman–Crippen LogP) is 2.23. The van der Waals surface area contributed by atoms with Gasteiger partial charge >= 0.3 is 6.61 Å². The number of anilines is 1. The van der Waals surface area contributed by atoms with Crippen molar-refractivity contribution >= 4 is 23.2 Å². The fraction of sp³-hybridized carbons (Fsp3) is 0.300. The van der Waals surface area contributed by atoms with Crippen LogP contribution in [0, 0.1) is 0 Å². The third kappa shape index (κ3) is 4.16. The summed E-state index contributed by atoms with van der Waals surface area (Å²) in [6.07, 6.45) is 0. The molecule has 1 aromatic rings. The third-order valence-corrected chi connectivity index (χ3v) is 2.12. The highest BCUT2D eigenvalue weighted by Crippen LogP contribution is 2.28. The number of alkyl halides is 2. The van der Waals surface area contributed by atoms with Gasteiger partial charge in [0.05, 0.1) is 11.1 Å². The van der Waals surface area contributed by atoms with Gasteiger partial charge in [-0.2, -0.15) is 8.78 Å². The molecule has 0 aliphatic heterocycles. The van der Waals surface area contributed by atoms with E-state index >= 15 is 0 Å². The largest absolute Gasteiger partial charge is 0.433 e. The van der Waals surface area contributed by atoms with Crippen LogP contribution < -0.4 is 15.8 Å². The normalized spacial score (nSPS) is 12.4. The second-order valence-electron chi connectivity index (χ2n) is 3.30. The molecule has 3 N–H and O–H groups in total. The molecule has 1 rings (SSSR count). The van der Waals surface area contributed by atoms with Crippen molar-refractivity contribution in [2.45, 2.75) is 19.6 Å². The summed E-state index contributed by atoms with van der Waals surface area (Å²) in [6, 6.07) is 3.26. The maximum absolute atomic E-state index is 11.9. The summed E-state index contributed by atoms with van der Waals surface area (Å²) in [5.41, 5.74) is 5.71. The lowest BCUT2D eigenvalue weighted by Crippen LogP contribution is -2.32. The maximum atomic E-state index is 11.9. The molecule has 0 fully saturated rings. The number of nitrogens with one attached hydrogen (secondary N) is 1. The highest BCUT2D eigenvalue weighted by Gasteiger charge is 2.11. The minimum absolute atomic E-state index is 0.0206. The summed E-state index contributed by atoms with van der Waals surface area (Å²) in [5, 5.41) is 2.45. The average molecular weight is 265 g/mol. The van der Waals surface area contributed by atoms with Gasteiger partial charge in [0.1, 0.15) is 5.75 Å². The van der Waals surface area contributed by atoms with Crippen molar-refractivity contribution < 1.29 is 18.3 Å². The van der Waals surface area contributed by atoms with Crippen molar-refractivity contribution in [2.24, 2.45) is 5.73 Å². The van der Waals surface area contributed by atoms with Crippen LogP contribution in [0.25, 0.3) is 0 Å². The van der Waals surface area contributed by atoms with E-state index in [9.17, 15) is 13.6 Å². The first-order valence-electron chi connectivity index (χ1n) is 4.71. The van der Waals surface area contributed by atoms with E-state index in [2.05, 4.69) is 10.1 Å². The van der Waals surface area contributed by atoms with Crippen molar-refractivity contribution in [3.63, 3.8) is 0 Å². The van der Waals surface area contributed by atoms with Gasteiger partial charge < -0.3 is 15.8 Å². The van der Waals surface area contributed by atoms with Gasteiger partial charge in [-0.3, -0.25) is 4.79 Å². The number of halogens is 3. The molecule has 1 amide bonds. The Bertz CT molecular complexity index is 413. The first-order chi connectivity index (χ1) is 7.90. The zero-order valence-electron chi connectivity index (χ0n) is 8.91. The molecule has 0 radical (unpaired) electrons. The van der Waals surface area contributed by atoms with Gasteiger partial charge in [0.2, 0.25) is 5.91 Å². The molecule has 1 atom stereocenters. The van der Waals surface area contributed by atoms with Crippen molar-refractivity contribution in [1.82, 2.24) is 0 Å². The van der Waals surface area contributed by atoms with Gasteiger partial charge in [0.15, 0.2) is 0 Å². The lowest BCUT2D eigenvalue weighted by atomic mass is 10.2. The van der Waals surface area contributed by atoms with Crippen molar-refractivity contribution in [2.75, 3.05) is 5.32 Å². The molecule has 0 aromatic heterocycles. The Morgan fingerprint density at radius 1 is 1.53 bits per heavy atom. The number of nitrogens with two attached hydrogens (primary N) is 1. The van der Waals surface area contributed by atoms with Crippen molar-refractivity contribution in [1.29, 1.82) is 0 Å². The summed E-state index contributed by atoms with van der Waals surface area (Å²) in [6.45, 7) is -1.43. The van der Waals surface area contributed by atoms with E-state index in [-0.39, 0.29) is 10.8 Å². The molecule has 1 aromatic carbocycles. The lowest BCUT2D eigenvalue weighted by Gasteiger charge is -2.10. The summed E-state index contributed by atoms with van der Waals surface area (Å²) in [7, 11) is 0. The molecule has 0 spiro atoms. The highest BCUT2D eigenvalue weighted by atomic mass is 35.5. The molecule has 4 nitrogen and oxygen atoms in total. The smallest absolute Gasteiger partial charge is 0.387 e. The summed E-state index contributed by atoms with van der Waals surface area (Å²) in [5.74, 6) is -0.552. The number of amides is 1. The van der Waals surface area contributed by atoms with Gasteiger partial charge in [0, 0.05) is 5.69 Å². The van der Waals surface area contributed by atoms with Crippen LogP contribution in [0.5, 0.6) is 5.75 Å². The number of hydrogen-bond acceptors (Lipinski definition) is 3. The number of ether oxygens (including phenoxy) is 1. The Balaban J connectivity index is 2.78. The van der Waals surface area contributed by atoms with Gasteiger partial charge in [-0.1, -0.05) is 11.6 Å². The SMILES string of the molecule is C[C@@H](N)C(=O)Nc1ccc(OC(F)F)c(Cl)c1. The average Bonchev–Trinajstić information content (AvgIpc) is 2.21. The van der Waals surface area contributed by atoms with Gasteiger partial charge in [0.25, 0.3) is 0 Å². The van der Waals surface area contributed by atoms with Gasteiger partial charge in [-0.05, 0) is 25.1 Å². The first-order valence-corrected chi connectivity index (χ1v) is 5.08. The minimum Gasteiger partial charge on any atom is -0.433 e. The second kappa shape index (κ2) is 5.79. The summed E-state index contributed by atoms with van der Waals surface area (Å²) < 4.78 is 28.0. The molecular formula is C10H11ClF2N2O2. The quantitative estimate of drug-likeness (QED) is 0.876. The predicted molar refractivity (Wildman–Crippen MR) is 60.4 cm³/mol. The van der Waals surface area contributed by atoms with Crippen LogP contribution in [-0.2, 0) is 4.79 Å². The fourth-order valence-corrected chi connectivity index (χ4v) is 1.25. The number of benzene rings is 1. The van der Waals surface area contributed by atoms with Crippen LogP contribution >= 0.6 is 11.6 Å². The maximum Gasteiger partial charge on any atom is 0.387 e. The Labute approximate surface area is 102 Å². The summed E-state index contributed by atoms with van der Waals surface area (Å²) in [4.78, 5) is 11.3. The fourth-order valence-electron chi connectivity index (χ4n) is 1.03. The Morgan fingerprint density at radius 3 is 2.65 bits per heavy atom. The van der Waals surface area contributed by atoms with Gasteiger partial charge in [-0.15, -0.1) is 0 Å². The zero-order chi connectivity index (χ0) is 13.0. The Kier molecular flexibility index (Phi) is 4.65. The van der Waals surface area contributed by atoms with E-state index in [0.29, 0.717) is 5.69 Å². The number of carbonyl (C=O) groups excluding carboxylic acids is 1. The van der Waals surface area contributed by atoms with E-state index in [1.165, 1.54) is 25.1 Å². The Hall–Kier alpha value is -1.40. The van der Waals surface area contributed by atoms with Crippen LogP contribution in [0.15, 0.2) is 18.2 Å². The van der Waals surface area contributed by atoms with E-state index in [1.54, 1.807) is 0 Å². The van der Waals surface area contributed by atoms with Crippen LogP contribution in [0.2, 0.25) is 5.02 Å². The third-order valence-electron chi connectivity index (χ3n) is 1.83. The topological polar surface area (TPSA) is 64.4 Å². The van der Waals surface area contributed by atoms with Crippen LogP contribution in [0.3, 0.4) is 0 Å². The van der Waals surface area contributed by atoms with Gasteiger partial charge in [-0.25, -0.2) is 0 Å². The van der Waals surface area contributed by atoms with Crippen LogP contribution in [-0.4, -0.2) is 18.6 Å². The molecule has 0 aliphatic carbocycles. The van der Waals surface area contributed by atoms with Crippen LogP contribution in [0.1, 0.15) is 6.92 Å². The highest BCUT2D eigenvalue weighted by molar-refractivity contribution is 6.32. The number of carbonyl (C=O) groups is 1. The van der Waals surface area contributed by atoms with E-state index < -0.39 is 18.6 Å². The van der Waals surface area contributed by atoms with E-state index in [0.717, 1.165) is 0 Å². The van der Waals surface area contributed by atoms with Crippen LogP contribution in [0.4, 0.5) is 14.5 Å². The van der Waals surface area contributed by atoms with E-state index in [1.807, 2.05) is 0 Å². The lowest BCUT2D eigenvalue weighted by molar-refractivity contribution is -0.117. The summed E-state index contributed by atoms with van der Waals surface area (Å²) >= 11 is 5.70. The number of hydrogen-bond donors (Lipinski definition) is 2. The van der Waals surface area contributed by atoms with E-state index in [4.69, 9.17) is 17.3 Å². The monoisotopic (exact) mass is 264 g/mol. The molecule has 94 valence electrons. The minimum atomic E-state index is -2.95. The van der Waals surface area contributed by atoms with Crippen molar-refractivity contribution in [3.8, 4) is 5.75 Å². The molecule has 0 heterocycles. The molecule has 0 aliphatic rings. The number of rotatable bonds is 4. The molecule has 7 heteroatoms. The standard InChI is InChI=1S/C10H11ClF2N2O2/c1-5(14)9(16)15-6-2-3-8(7(11)4-6)17-10(12)13/h2-5,10H,14H2,1H3,(H,15,16)/t5-/m1/s1. The van der Waals surface area contributed by atoms with Crippen molar-refractivity contribution in [3.05, 3.63) is 23.2 Å². The second-order valence-corrected chi connectivity index (χ2v) is 3.71. The zero-order valence-corrected chi connectivity index (χ0v) is 9.67.